The molecule has 0 bridgehead atoms. The summed E-state index contributed by atoms with van der Waals surface area (Å²) >= 11 is 0. The van der Waals surface area contributed by atoms with Crippen LogP contribution in [0.5, 0.6) is 0 Å². The highest BCUT2D eigenvalue weighted by Gasteiger charge is 2.25. The average Bonchev–Trinajstić information content (AvgIpc) is 2.58. The van der Waals surface area contributed by atoms with E-state index in [1.807, 2.05) is 21.1 Å². The minimum absolute atomic E-state index is 0.146. The van der Waals surface area contributed by atoms with Crippen molar-refractivity contribution in [2.45, 2.75) is 90.3 Å². The van der Waals surface area contributed by atoms with Gasteiger partial charge in [0.15, 0.2) is 0 Å². The Hall–Kier alpha value is -0.300. The molecule has 2 unspecified atom stereocenters. The summed E-state index contributed by atoms with van der Waals surface area (Å²) in [5, 5.41) is 9.00. The number of carboxylic acids is 1. The number of ether oxygens (including phenoxy) is 1. The molecule has 0 saturated heterocycles. The lowest BCUT2D eigenvalue weighted by molar-refractivity contribution is -0.873. The highest BCUT2D eigenvalue weighted by atomic mass is 31.2. The van der Waals surface area contributed by atoms with Gasteiger partial charge in [0.2, 0.25) is 0 Å². The van der Waals surface area contributed by atoms with Crippen LogP contribution in [0.3, 0.4) is 0 Å². The Morgan fingerprint density at radius 2 is 1.62 bits per heavy atom. The molecule has 0 aromatic heterocycles. The number of hydrogen-bond donors (Lipinski definition) is 2. The summed E-state index contributed by atoms with van der Waals surface area (Å²) in [6.45, 7) is 6.02. The molecule has 0 aliphatic rings. The number of hydrogen-bond acceptors (Lipinski definition) is 5. The van der Waals surface area contributed by atoms with E-state index >= 15 is 0 Å². The Kier molecular flexibility index (Phi) is 17.2. The minimum Gasteiger partial charge on any atom is -0.481 e. The number of aliphatic carboxylic acids is 1. The highest BCUT2D eigenvalue weighted by molar-refractivity contribution is 7.40. The average molecular weight is 439 g/mol. The van der Waals surface area contributed by atoms with Gasteiger partial charge in [0, 0.05) is 6.61 Å². The third-order valence-corrected chi connectivity index (χ3v) is 5.38. The molecule has 0 aromatic rings. The van der Waals surface area contributed by atoms with Crippen molar-refractivity contribution in [2.24, 2.45) is 0 Å². The van der Waals surface area contributed by atoms with E-state index < -0.39 is 20.7 Å². The molecule has 174 valence electrons. The molecule has 0 saturated carbocycles. The number of quaternary nitrogens is 1. The van der Waals surface area contributed by atoms with E-state index in [0.29, 0.717) is 23.7 Å². The molecule has 7 nitrogen and oxygen atoms in total. The zero-order chi connectivity index (χ0) is 22.1. The van der Waals surface area contributed by atoms with E-state index in [1.54, 1.807) is 0 Å². The molecule has 2 N–H and O–H groups in total. The summed E-state index contributed by atoms with van der Waals surface area (Å²) in [5.74, 6) is -0.943. The molecular formula is C21H45NO6P+. The van der Waals surface area contributed by atoms with Crippen LogP contribution in [0.15, 0.2) is 0 Å². The standard InChI is InChI=1S/C21H44NO6P/c1-6-7-8-9-11-14-19(2)26-15-12-10-13-16-27-29(25)28-20(17-21(23)24)18-22(3,4)5/h19-20,25H,6-18H2,1-5H3/p+1/t19?,20?,29-/m1/s1. The molecule has 0 aliphatic carbocycles. The molecule has 29 heavy (non-hydrogen) atoms. The summed E-state index contributed by atoms with van der Waals surface area (Å²) in [4.78, 5) is 20.9. The van der Waals surface area contributed by atoms with E-state index in [0.717, 1.165) is 32.3 Å². The number of rotatable bonds is 20. The van der Waals surface area contributed by atoms with Gasteiger partial charge in [0.05, 0.1) is 40.3 Å². The first kappa shape index (κ1) is 28.7. The predicted molar refractivity (Wildman–Crippen MR) is 118 cm³/mol. The van der Waals surface area contributed by atoms with Crippen molar-refractivity contribution in [1.82, 2.24) is 0 Å². The van der Waals surface area contributed by atoms with Gasteiger partial charge in [-0.3, -0.25) is 4.79 Å². The molecule has 8 heteroatoms. The maximum atomic E-state index is 11.0. The van der Waals surface area contributed by atoms with Gasteiger partial charge in [0.1, 0.15) is 12.6 Å². The van der Waals surface area contributed by atoms with Gasteiger partial charge in [0.25, 0.3) is 0 Å². The van der Waals surface area contributed by atoms with E-state index in [1.165, 1.54) is 32.1 Å². The van der Waals surface area contributed by atoms with Crippen molar-refractivity contribution in [2.75, 3.05) is 40.9 Å². The van der Waals surface area contributed by atoms with Crippen LogP contribution in [0.2, 0.25) is 0 Å². The second kappa shape index (κ2) is 17.4. The largest absolute Gasteiger partial charge is 0.481 e. The fourth-order valence-corrected chi connectivity index (χ4v) is 3.77. The SMILES string of the molecule is CCCCCCCC(C)OCCCCCO[P@@](O)OC(CC(=O)O)C[N+](C)(C)C. The fourth-order valence-electron chi connectivity index (χ4n) is 3.03. The quantitative estimate of drug-likeness (QED) is 0.162. The van der Waals surface area contributed by atoms with Crippen LogP contribution in [-0.4, -0.2) is 73.6 Å². The molecular weight excluding hydrogens is 393 g/mol. The number of unbranched alkanes of at least 4 members (excludes halogenated alkanes) is 6. The Morgan fingerprint density at radius 1 is 1.00 bits per heavy atom. The molecule has 0 fully saturated rings. The van der Waals surface area contributed by atoms with Crippen molar-refractivity contribution >= 4 is 14.6 Å². The monoisotopic (exact) mass is 438 g/mol. The lowest BCUT2D eigenvalue weighted by atomic mass is 10.1. The molecule has 0 rings (SSSR count). The first-order chi connectivity index (χ1) is 13.6. The van der Waals surface area contributed by atoms with E-state index in [9.17, 15) is 9.69 Å². The maximum Gasteiger partial charge on any atom is 0.330 e. The van der Waals surface area contributed by atoms with E-state index in [2.05, 4.69) is 13.8 Å². The molecule has 0 amide bonds. The van der Waals surface area contributed by atoms with Gasteiger partial charge in [-0.15, -0.1) is 0 Å². The van der Waals surface area contributed by atoms with Gasteiger partial charge in [-0.05, 0) is 32.6 Å². The van der Waals surface area contributed by atoms with Crippen molar-refractivity contribution in [3.05, 3.63) is 0 Å². The minimum atomic E-state index is -2.05. The Balaban J connectivity index is 3.73. The van der Waals surface area contributed by atoms with Crippen LogP contribution in [0.4, 0.5) is 0 Å². The summed E-state index contributed by atoms with van der Waals surface area (Å²) in [6, 6.07) is 0. The van der Waals surface area contributed by atoms with Crippen LogP contribution in [0.1, 0.15) is 78.1 Å². The predicted octanol–water partition coefficient (Wildman–Crippen LogP) is 4.72. The normalized spacial score (nSPS) is 15.2. The van der Waals surface area contributed by atoms with Gasteiger partial charge in [-0.25, -0.2) is 0 Å². The van der Waals surface area contributed by atoms with Gasteiger partial charge < -0.3 is 28.3 Å². The molecule has 0 spiro atoms. The summed E-state index contributed by atoms with van der Waals surface area (Å²) in [6.07, 6.45) is 9.95. The first-order valence-electron chi connectivity index (χ1n) is 11.1. The molecule has 0 heterocycles. The van der Waals surface area contributed by atoms with Gasteiger partial charge in [-0.2, -0.15) is 0 Å². The zero-order valence-electron chi connectivity index (χ0n) is 19.3. The van der Waals surface area contributed by atoms with E-state index in [-0.39, 0.29) is 6.42 Å². The van der Waals surface area contributed by atoms with Gasteiger partial charge in [-0.1, -0.05) is 39.0 Å². The highest BCUT2D eigenvalue weighted by Crippen LogP contribution is 2.36. The molecule has 0 aromatic carbocycles. The zero-order valence-corrected chi connectivity index (χ0v) is 20.2. The topological polar surface area (TPSA) is 85.2 Å². The Morgan fingerprint density at radius 3 is 2.24 bits per heavy atom. The summed E-state index contributed by atoms with van der Waals surface area (Å²) < 4.78 is 17.2. The van der Waals surface area contributed by atoms with Crippen LogP contribution < -0.4 is 0 Å². The lowest BCUT2D eigenvalue weighted by Crippen LogP contribution is -2.42. The maximum absolute atomic E-state index is 11.0. The molecule has 3 atom stereocenters. The van der Waals surface area contributed by atoms with Gasteiger partial charge >= 0.3 is 14.6 Å². The van der Waals surface area contributed by atoms with Crippen LogP contribution in [-0.2, 0) is 18.6 Å². The second-order valence-corrected chi connectivity index (χ2v) is 9.76. The summed E-state index contributed by atoms with van der Waals surface area (Å²) in [7, 11) is 3.80. The smallest absolute Gasteiger partial charge is 0.330 e. The second-order valence-electron chi connectivity index (χ2n) is 8.81. The lowest BCUT2D eigenvalue weighted by Gasteiger charge is -2.29. The van der Waals surface area contributed by atoms with Crippen LogP contribution in [0.25, 0.3) is 0 Å². The Bertz CT molecular complexity index is 405. The number of nitrogens with zero attached hydrogens (tertiary/aromatic N) is 1. The van der Waals surface area contributed by atoms with Crippen molar-refractivity contribution < 1.29 is 33.1 Å². The van der Waals surface area contributed by atoms with Crippen molar-refractivity contribution in [3.8, 4) is 0 Å². The first-order valence-corrected chi connectivity index (χ1v) is 12.2. The van der Waals surface area contributed by atoms with Crippen molar-refractivity contribution in [1.29, 1.82) is 0 Å². The fraction of sp³-hybridized carbons (Fsp3) is 0.952. The van der Waals surface area contributed by atoms with Crippen LogP contribution >= 0.6 is 8.60 Å². The number of likely N-dealkylation sites (N-methyl/N-ethyl adjacent to an activating group) is 1. The van der Waals surface area contributed by atoms with Crippen LogP contribution in [0, 0.1) is 0 Å². The van der Waals surface area contributed by atoms with Crippen molar-refractivity contribution in [3.63, 3.8) is 0 Å². The summed E-state index contributed by atoms with van der Waals surface area (Å²) in [5.41, 5.74) is 0. The Labute approximate surface area is 179 Å². The number of carboxylic acid groups (broad SMARTS) is 1. The van der Waals surface area contributed by atoms with E-state index in [4.69, 9.17) is 18.9 Å². The molecule has 0 radical (unpaired) electrons. The molecule has 0 aliphatic heterocycles. The number of carbonyl (C=O) groups is 1. The third-order valence-electron chi connectivity index (χ3n) is 4.50. The third kappa shape index (κ3) is 20.7.